The van der Waals surface area contributed by atoms with Gasteiger partial charge >= 0.3 is 5.97 Å². The summed E-state index contributed by atoms with van der Waals surface area (Å²) in [7, 11) is -3.82. The van der Waals surface area contributed by atoms with Crippen LogP contribution < -0.4 is 9.62 Å². The molecule has 4 aromatic carbocycles. The Bertz CT molecular complexity index is 1520. The van der Waals surface area contributed by atoms with Crippen LogP contribution in [-0.4, -0.2) is 26.9 Å². The summed E-state index contributed by atoms with van der Waals surface area (Å²) in [6.45, 7) is 3.92. The molecule has 0 aromatic heterocycles. The first-order valence-corrected chi connectivity index (χ1v) is 13.5. The minimum absolute atomic E-state index is 0.0948. The molecule has 4 rings (SSSR count). The smallest absolute Gasteiger partial charge is 0.338 e. The Morgan fingerprint density at radius 1 is 0.816 bits per heavy atom. The molecule has 1 amide bonds. The van der Waals surface area contributed by atoms with E-state index in [4.69, 9.17) is 4.74 Å². The molecular formula is C30H28N2O5S. The van der Waals surface area contributed by atoms with Crippen molar-refractivity contribution in [1.29, 1.82) is 0 Å². The number of hydrogen-bond acceptors (Lipinski definition) is 5. The standard InChI is InChI=1S/C30H28N2O5S/c1-3-37-30(34)25-18-19-28(22(2)20-25)31-29(33)24-16-14-23(15-17-24)21-32(26-10-6-4-7-11-26)38(35,36)27-12-8-5-9-13-27/h4-20H,3,21H2,1-2H3,(H,31,33). The van der Waals surface area contributed by atoms with E-state index in [1.165, 1.54) is 4.31 Å². The number of sulfonamides is 1. The average molecular weight is 529 g/mol. The summed E-state index contributed by atoms with van der Waals surface area (Å²) in [6, 6.07) is 28.9. The van der Waals surface area contributed by atoms with Gasteiger partial charge in [0.05, 0.1) is 29.3 Å². The number of anilines is 2. The van der Waals surface area contributed by atoms with Crippen LogP contribution in [-0.2, 0) is 21.3 Å². The number of hydrogen-bond donors (Lipinski definition) is 1. The molecule has 0 atom stereocenters. The molecule has 0 spiro atoms. The number of carbonyl (C=O) groups is 2. The largest absolute Gasteiger partial charge is 0.462 e. The van der Waals surface area contributed by atoms with Crippen LogP contribution in [0, 0.1) is 6.92 Å². The molecule has 0 saturated carbocycles. The van der Waals surface area contributed by atoms with Gasteiger partial charge in [-0.05, 0) is 79.6 Å². The summed E-state index contributed by atoms with van der Waals surface area (Å²) in [6.07, 6.45) is 0. The Kier molecular flexibility index (Phi) is 8.23. The van der Waals surface area contributed by atoms with Crippen LogP contribution in [0.5, 0.6) is 0 Å². The molecule has 4 aromatic rings. The lowest BCUT2D eigenvalue weighted by atomic mass is 10.1. The number of benzene rings is 4. The fourth-order valence-corrected chi connectivity index (χ4v) is 5.37. The monoisotopic (exact) mass is 528 g/mol. The molecule has 0 aliphatic carbocycles. The maximum atomic E-state index is 13.5. The Hall–Kier alpha value is -4.43. The van der Waals surface area contributed by atoms with Crippen LogP contribution in [0.3, 0.4) is 0 Å². The first-order valence-electron chi connectivity index (χ1n) is 12.1. The molecular weight excluding hydrogens is 500 g/mol. The number of carbonyl (C=O) groups excluding carboxylic acids is 2. The molecule has 0 fully saturated rings. The van der Waals surface area contributed by atoms with Gasteiger partial charge < -0.3 is 10.1 Å². The van der Waals surface area contributed by atoms with Crippen LogP contribution in [0.4, 0.5) is 11.4 Å². The number of aryl methyl sites for hydroxylation is 1. The van der Waals surface area contributed by atoms with Crippen LogP contribution in [0.15, 0.2) is 108 Å². The third kappa shape index (κ3) is 6.10. The van der Waals surface area contributed by atoms with Crippen molar-refractivity contribution in [2.24, 2.45) is 0 Å². The van der Waals surface area contributed by atoms with Crippen molar-refractivity contribution in [3.05, 3.63) is 125 Å². The zero-order chi connectivity index (χ0) is 27.1. The Morgan fingerprint density at radius 3 is 2.03 bits per heavy atom. The van der Waals surface area contributed by atoms with Crippen molar-refractivity contribution < 1.29 is 22.7 Å². The second kappa shape index (κ2) is 11.7. The number of amides is 1. The molecule has 194 valence electrons. The molecule has 0 heterocycles. The van der Waals surface area contributed by atoms with E-state index < -0.39 is 16.0 Å². The summed E-state index contributed by atoms with van der Waals surface area (Å²) in [5.74, 6) is -0.733. The lowest BCUT2D eigenvalue weighted by molar-refractivity contribution is 0.0526. The van der Waals surface area contributed by atoms with Gasteiger partial charge in [0.15, 0.2) is 0 Å². The number of ether oxygens (including phenoxy) is 1. The topological polar surface area (TPSA) is 92.8 Å². The highest BCUT2D eigenvalue weighted by atomic mass is 32.2. The van der Waals surface area contributed by atoms with Gasteiger partial charge in [-0.15, -0.1) is 0 Å². The van der Waals surface area contributed by atoms with Crippen molar-refractivity contribution in [1.82, 2.24) is 0 Å². The van der Waals surface area contributed by atoms with Gasteiger partial charge in [0, 0.05) is 11.3 Å². The minimum atomic E-state index is -3.82. The third-order valence-corrected chi connectivity index (χ3v) is 7.69. The van der Waals surface area contributed by atoms with Gasteiger partial charge in [-0.2, -0.15) is 0 Å². The lowest BCUT2D eigenvalue weighted by Crippen LogP contribution is -2.30. The van der Waals surface area contributed by atoms with Gasteiger partial charge in [0.1, 0.15) is 0 Å². The minimum Gasteiger partial charge on any atom is -0.462 e. The van der Waals surface area contributed by atoms with E-state index in [0.717, 1.165) is 11.1 Å². The number of rotatable bonds is 9. The third-order valence-electron chi connectivity index (χ3n) is 5.90. The Balaban J connectivity index is 1.52. The van der Waals surface area contributed by atoms with Crippen molar-refractivity contribution >= 4 is 33.3 Å². The predicted molar refractivity (Wildman–Crippen MR) is 148 cm³/mol. The summed E-state index contributed by atoms with van der Waals surface area (Å²) < 4.78 is 33.3. The normalized spacial score (nSPS) is 11.0. The van der Waals surface area contributed by atoms with E-state index in [2.05, 4.69) is 5.32 Å². The van der Waals surface area contributed by atoms with Gasteiger partial charge in [0.2, 0.25) is 0 Å². The molecule has 1 N–H and O–H groups in total. The van der Waals surface area contributed by atoms with E-state index >= 15 is 0 Å². The van der Waals surface area contributed by atoms with Crippen molar-refractivity contribution in [2.75, 3.05) is 16.2 Å². The number of nitrogens with zero attached hydrogens (tertiary/aromatic N) is 1. The quantitative estimate of drug-likeness (QED) is 0.276. The highest BCUT2D eigenvalue weighted by Gasteiger charge is 2.25. The maximum Gasteiger partial charge on any atom is 0.338 e. The van der Waals surface area contributed by atoms with Gasteiger partial charge in [-0.3, -0.25) is 9.10 Å². The van der Waals surface area contributed by atoms with Crippen molar-refractivity contribution in [2.45, 2.75) is 25.3 Å². The highest BCUT2D eigenvalue weighted by Crippen LogP contribution is 2.26. The molecule has 0 bridgehead atoms. The molecule has 0 unspecified atom stereocenters. The van der Waals surface area contributed by atoms with E-state index in [1.54, 1.807) is 111 Å². The van der Waals surface area contributed by atoms with Gasteiger partial charge in [0.25, 0.3) is 15.9 Å². The molecule has 7 nitrogen and oxygen atoms in total. The summed E-state index contributed by atoms with van der Waals surface area (Å²) in [5.41, 5.74) is 3.40. The number of para-hydroxylation sites is 1. The van der Waals surface area contributed by atoms with Crippen molar-refractivity contribution in [3.63, 3.8) is 0 Å². The number of esters is 1. The van der Waals surface area contributed by atoms with E-state index in [1.807, 2.05) is 6.07 Å². The van der Waals surface area contributed by atoms with Crippen LogP contribution in [0.25, 0.3) is 0 Å². The highest BCUT2D eigenvalue weighted by molar-refractivity contribution is 7.92. The van der Waals surface area contributed by atoms with Crippen LogP contribution in [0.1, 0.15) is 38.8 Å². The molecule has 0 aliphatic rings. The Morgan fingerprint density at radius 2 is 1.42 bits per heavy atom. The average Bonchev–Trinajstić information content (AvgIpc) is 2.94. The molecule has 0 radical (unpaired) electrons. The fraction of sp³-hybridized carbons (Fsp3) is 0.133. The molecule has 8 heteroatoms. The van der Waals surface area contributed by atoms with Gasteiger partial charge in [-0.25, -0.2) is 13.2 Å². The summed E-state index contributed by atoms with van der Waals surface area (Å²) in [5, 5.41) is 2.86. The second-order valence-corrected chi connectivity index (χ2v) is 10.4. The SMILES string of the molecule is CCOC(=O)c1ccc(NC(=O)c2ccc(CN(c3ccccc3)S(=O)(=O)c3ccccc3)cc2)c(C)c1. The molecule has 0 aliphatic heterocycles. The predicted octanol–water partition coefficient (Wildman–Crippen LogP) is 5.82. The van der Waals surface area contributed by atoms with E-state index in [-0.39, 0.29) is 24.0 Å². The zero-order valence-electron chi connectivity index (χ0n) is 21.1. The van der Waals surface area contributed by atoms with E-state index in [9.17, 15) is 18.0 Å². The maximum absolute atomic E-state index is 13.5. The number of nitrogens with one attached hydrogen (secondary N) is 1. The lowest BCUT2D eigenvalue weighted by Gasteiger charge is -2.25. The first-order chi connectivity index (χ1) is 18.3. The molecule has 38 heavy (non-hydrogen) atoms. The van der Waals surface area contributed by atoms with Crippen LogP contribution >= 0.6 is 0 Å². The van der Waals surface area contributed by atoms with Crippen molar-refractivity contribution in [3.8, 4) is 0 Å². The summed E-state index contributed by atoms with van der Waals surface area (Å²) >= 11 is 0. The first kappa shape index (κ1) is 26.6. The second-order valence-electron chi connectivity index (χ2n) is 8.56. The Labute approximate surface area is 222 Å². The van der Waals surface area contributed by atoms with E-state index in [0.29, 0.717) is 22.5 Å². The fourth-order valence-electron chi connectivity index (χ4n) is 3.90. The zero-order valence-corrected chi connectivity index (χ0v) is 21.9. The summed E-state index contributed by atoms with van der Waals surface area (Å²) in [4.78, 5) is 25.0. The molecule has 0 saturated heterocycles. The van der Waals surface area contributed by atoms with Gasteiger partial charge in [-0.1, -0.05) is 48.5 Å². The van der Waals surface area contributed by atoms with Crippen LogP contribution in [0.2, 0.25) is 0 Å².